The maximum absolute atomic E-state index is 11.5. The summed E-state index contributed by atoms with van der Waals surface area (Å²) in [7, 11) is 1.81. The van der Waals surface area contributed by atoms with Gasteiger partial charge in [0.1, 0.15) is 5.82 Å². The summed E-state index contributed by atoms with van der Waals surface area (Å²) in [4.78, 5) is 15.6. The minimum Gasteiger partial charge on any atom is -0.373 e. The summed E-state index contributed by atoms with van der Waals surface area (Å²) in [5.41, 5.74) is 0.743. The normalized spacial score (nSPS) is 10.2. The minimum absolute atomic E-state index is 0.0488. The van der Waals surface area contributed by atoms with Crippen LogP contribution in [0.4, 0.5) is 11.5 Å². The van der Waals surface area contributed by atoms with Crippen molar-refractivity contribution in [2.75, 3.05) is 17.7 Å². The lowest BCUT2D eigenvalue weighted by atomic mass is 10.1. The zero-order valence-corrected chi connectivity index (χ0v) is 10.1. The van der Waals surface area contributed by atoms with E-state index >= 15 is 0 Å². The van der Waals surface area contributed by atoms with E-state index in [0.29, 0.717) is 12.3 Å². The largest absolute Gasteiger partial charge is 0.373 e. The maximum Gasteiger partial charge on any atom is 0.224 e. The molecule has 2 N–H and O–H groups in total. The summed E-state index contributed by atoms with van der Waals surface area (Å²) in [6.45, 7) is 4.22. The van der Waals surface area contributed by atoms with E-state index in [4.69, 9.17) is 0 Å². The molecule has 1 rings (SSSR count). The van der Waals surface area contributed by atoms with Gasteiger partial charge >= 0.3 is 0 Å². The number of amides is 1. The highest BCUT2D eigenvalue weighted by atomic mass is 16.1. The molecule has 1 aromatic heterocycles. The zero-order valence-electron chi connectivity index (χ0n) is 10.1. The van der Waals surface area contributed by atoms with Gasteiger partial charge in [-0.1, -0.05) is 13.8 Å². The van der Waals surface area contributed by atoms with E-state index in [2.05, 4.69) is 29.5 Å². The number of nitrogens with zero attached hydrogens (tertiary/aromatic N) is 1. The lowest BCUT2D eigenvalue weighted by Gasteiger charge is -2.07. The lowest BCUT2D eigenvalue weighted by Crippen LogP contribution is -2.12. The van der Waals surface area contributed by atoms with Gasteiger partial charge in [0, 0.05) is 13.5 Å². The Kier molecular flexibility index (Phi) is 4.76. The van der Waals surface area contributed by atoms with Crippen molar-refractivity contribution in [3.8, 4) is 0 Å². The van der Waals surface area contributed by atoms with Crippen LogP contribution in [0, 0.1) is 5.92 Å². The number of hydrogen-bond donors (Lipinski definition) is 2. The Morgan fingerprint density at radius 3 is 2.69 bits per heavy atom. The van der Waals surface area contributed by atoms with Crippen LogP contribution in [0.25, 0.3) is 0 Å². The predicted octanol–water partition coefficient (Wildman–Crippen LogP) is 2.50. The first-order valence-electron chi connectivity index (χ1n) is 5.55. The molecule has 0 saturated carbocycles. The van der Waals surface area contributed by atoms with Gasteiger partial charge in [-0.05, 0) is 24.5 Å². The molecule has 88 valence electrons. The van der Waals surface area contributed by atoms with Crippen LogP contribution in [0.15, 0.2) is 18.3 Å². The number of pyridine rings is 1. The fourth-order valence-corrected chi connectivity index (χ4v) is 1.26. The monoisotopic (exact) mass is 221 g/mol. The number of rotatable bonds is 5. The second-order valence-corrected chi connectivity index (χ2v) is 4.16. The molecule has 0 bridgehead atoms. The quantitative estimate of drug-likeness (QED) is 0.803. The van der Waals surface area contributed by atoms with Crippen LogP contribution in [0.2, 0.25) is 0 Å². The highest BCUT2D eigenvalue weighted by molar-refractivity contribution is 5.90. The van der Waals surface area contributed by atoms with Gasteiger partial charge in [0.05, 0.1) is 11.9 Å². The molecule has 0 aliphatic carbocycles. The summed E-state index contributed by atoms with van der Waals surface area (Å²) in [5.74, 6) is 1.39. The third kappa shape index (κ3) is 4.29. The predicted molar refractivity (Wildman–Crippen MR) is 66.5 cm³/mol. The van der Waals surface area contributed by atoms with Crippen molar-refractivity contribution in [2.24, 2.45) is 5.92 Å². The van der Waals surface area contributed by atoms with E-state index in [-0.39, 0.29) is 5.91 Å². The van der Waals surface area contributed by atoms with Crippen molar-refractivity contribution in [1.82, 2.24) is 4.98 Å². The Hall–Kier alpha value is -1.58. The van der Waals surface area contributed by atoms with Crippen LogP contribution in [-0.2, 0) is 4.79 Å². The molecule has 0 atom stereocenters. The van der Waals surface area contributed by atoms with Crippen LogP contribution in [0.1, 0.15) is 26.7 Å². The van der Waals surface area contributed by atoms with Crippen LogP contribution in [0.3, 0.4) is 0 Å². The first-order valence-corrected chi connectivity index (χ1v) is 5.55. The molecule has 4 heteroatoms. The molecule has 1 heterocycles. The minimum atomic E-state index is 0.0488. The molecule has 16 heavy (non-hydrogen) atoms. The van der Waals surface area contributed by atoms with E-state index in [0.717, 1.165) is 17.9 Å². The molecule has 4 nitrogen and oxygen atoms in total. The summed E-state index contributed by atoms with van der Waals surface area (Å²) in [6.07, 6.45) is 3.12. The standard InChI is InChI=1S/C12H19N3O/c1-9(2)4-7-12(16)15-10-5-6-11(13-3)14-8-10/h5-6,8-9H,4,7H2,1-3H3,(H,13,14)(H,15,16). The fraction of sp³-hybridized carbons (Fsp3) is 0.500. The van der Waals surface area contributed by atoms with E-state index in [1.807, 2.05) is 19.2 Å². The summed E-state index contributed by atoms with van der Waals surface area (Å²) in [5, 5.41) is 5.74. The number of hydrogen-bond acceptors (Lipinski definition) is 3. The lowest BCUT2D eigenvalue weighted by molar-refractivity contribution is -0.116. The molecule has 0 unspecified atom stereocenters. The van der Waals surface area contributed by atoms with Gasteiger partial charge < -0.3 is 10.6 Å². The van der Waals surface area contributed by atoms with Crippen molar-refractivity contribution < 1.29 is 4.79 Å². The van der Waals surface area contributed by atoms with E-state index in [1.165, 1.54) is 0 Å². The molecule has 0 fully saturated rings. The molecule has 0 saturated heterocycles. The summed E-state index contributed by atoms with van der Waals surface area (Å²) in [6, 6.07) is 3.67. The molecule has 1 amide bonds. The van der Waals surface area contributed by atoms with E-state index < -0.39 is 0 Å². The molecule has 1 aromatic rings. The molecule has 0 radical (unpaired) electrons. The first-order chi connectivity index (χ1) is 7.61. The summed E-state index contributed by atoms with van der Waals surface area (Å²) < 4.78 is 0. The summed E-state index contributed by atoms with van der Waals surface area (Å²) >= 11 is 0. The average Bonchev–Trinajstić information content (AvgIpc) is 2.27. The molecule has 0 aliphatic heterocycles. The van der Waals surface area contributed by atoms with Gasteiger partial charge in [0.25, 0.3) is 0 Å². The third-order valence-electron chi connectivity index (χ3n) is 2.25. The van der Waals surface area contributed by atoms with Crippen molar-refractivity contribution >= 4 is 17.4 Å². The van der Waals surface area contributed by atoms with Gasteiger partial charge in [-0.25, -0.2) is 4.98 Å². The maximum atomic E-state index is 11.5. The number of nitrogens with one attached hydrogen (secondary N) is 2. The number of carbonyl (C=O) groups is 1. The molecular formula is C12H19N3O. The van der Waals surface area contributed by atoms with E-state index in [9.17, 15) is 4.79 Å². The topological polar surface area (TPSA) is 54.0 Å². The Labute approximate surface area is 96.5 Å². The van der Waals surface area contributed by atoms with Gasteiger partial charge in [-0.15, -0.1) is 0 Å². The number of anilines is 2. The van der Waals surface area contributed by atoms with Crippen LogP contribution in [0.5, 0.6) is 0 Å². The Morgan fingerprint density at radius 2 is 2.19 bits per heavy atom. The molecule has 0 spiro atoms. The molecule has 0 aliphatic rings. The zero-order chi connectivity index (χ0) is 12.0. The highest BCUT2D eigenvalue weighted by Crippen LogP contribution is 2.10. The van der Waals surface area contributed by atoms with E-state index in [1.54, 1.807) is 6.20 Å². The van der Waals surface area contributed by atoms with Gasteiger partial charge in [-0.3, -0.25) is 4.79 Å². The highest BCUT2D eigenvalue weighted by Gasteiger charge is 2.04. The second kappa shape index (κ2) is 6.10. The number of aromatic nitrogens is 1. The van der Waals surface area contributed by atoms with Gasteiger partial charge in [0.2, 0.25) is 5.91 Å². The SMILES string of the molecule is CNc1ccc(NC(=O)CCC(C)C)cn1. The second-order valence-electron chi connectivity index (χ2n) is 4.16. The van der Waals surface area contributed by atoms with Crippen molar-refractivity contribution in [2.45, 2.75) is 26.7 Å². The van der Waals surface area contributed by atoms with Crippen LogP contribution < -0.4 is 10.6 Å². The molecular weight excluding hydrogens is 202 g/mol. The fourth-order valence-electron chi connectivity index (χ4n) is 1.26. The van der Waals surface area contributed by atoms with Gasteiger partial charge in [-0.2, -0.15) is 0 Å². The van der Waals surface area contributed by atoms with Crippen LogP contribution >= 0.6 is 0 Å². The van der Waals surface area contributed by atoms with Gasteiger partial charge in [0.15, 0.2) is 0 Å². The van der Waals surface area contributed by atoms with Crippen LogP contribution in [-0.4, -0.2) is 17.9 Å². The Morgan fingerprint density at radius 1 is 1.44 bits per heavy atom. The smallest absolute Gasteiger partial charge is 0.224 e. The van der Waals surface area contributed by atoms with Crippen molar-refractivity contribution in [3.63, 3.8) is 0 Å². The number of carbonyl (C=O) groups excluding carboxylic acids is 1. The third-order valence-corrected chi connectivity index (χ3v) is 2.25. The Balaban J connectivity index is 2.43. The van der Waals surface area contributed by atoms with Crippen molar-refractivity contribution in [3.05, 3.63) is 18.3 Å². The molecule has 0 aromatic carbocycles. The Bertz CT molecular complexity index is 333. The van der Waals surface area contributed by atoms with Crippen molar-refractivity contribution in [1.29, 1.82) is 0 Å². The first kappa shape index (κ1) is 12.5. The average molecular weight is 221 g/mol.